The Morgan fingerprint density at radius 3 is 2.69 bits per heavy atom. The number of esters is 1. The van der Waals surface area contributed by atoms with E-state index in [1.54, 1.807) is 24.3 Å². The van der Waals surface area contributed by atoms with Crippen LogP contribution in [0.4, 0.5) is 5.00 Å². The number of nitrogens with zero attached hydrogens (tertiary/aromatic N) is 3. The van der Waals surface area contributed by atoms with Gasteiger partial charge in [0.25, 0.3) is 0 Å². The number of carbonyl (C=O) groups excluding carboxylic acids is 2. The number of thioether (sulfide) groups is 1. The summed E-state index contributed by atoms with van der Waals surface area (Å²) in [5, 5.41) is 14.9. The van der Waals surface area contributed by atoms with Gasteiger partial charge in [-0.05, 0) is 38.3 Å². The van der Waals surface area contributed by atoms with Crippen LogP contribution in [0.3, 0.4) is 0 Å². The van der Waals surface area contributed by atoms with Crippen molar-refractivity contribution in [3.8, 4) is 11.4 Å². The maximum atomic E-state index is 12.6. The van der Waals surface area contributed by atoms with Crippen LogP contribution in [-0.2, 0) is 16.1 Å². The number of thiophene rings is 2. The molecule has 0 aliphatic rings. The van der Waals surface area contributed by atoms with E-state index in [0.717, 1.165) is 29.2 Å². The standard InChI is InChI=1S/C22H28N4O3S3/c1-6-8-26-19(15-10-17(13(3)4)30-11-15)24-25-22(26)31-12-18(27)23-20-16(9-14(5)32-20)21(28)29-7-2/h9-11,13H,6-8,12H2,1-5H3,(H,23,27). The van der Waals surface area contributed by atoms with Gasteiger partial charge in [-0.1, -0.05) is 32.5 Å². The summed E-state index contributed by atoms with van der Waals surface area (Å²) >= 11 is 4.43. The topological polar surface area (TPSA) is 86.1 Å². The molecule has 0 atom stereocenters. The number of amides is 1. The first kappa shape index (κ1) is 24.5. The lowest BCUT2D eigenvalue weighted by molar-refractivity contribution is -0.113. The smallest absolute Gasteiger partial charge is 0.341 e. The maximum absolute atomic E-state index is 12.6. The Hall–Kier alpha value is -2.17. The zero-order valence-electron chi connectivity index (χ0n) is 18.9. The number of aryl methyl sites for hydroxylation is 1. The van der Waals surface area contributed by atoms with Gasteiger partial charge in [0.1, 0.15) is 5.00 Å². The third-order valence-corrected chi connectivity index (χ3v) is 7.71. The van der Waals surface area contributed by atoms with Gasteiger partial charge in [0.15, 0.2) is 11.0 Å². The molecule has 1 amide bonds. The molecule has 0 aromatic carbocycles. The van der Waals surface area contributed by atoms with E-state index in [1.165, 1.54) is 28.0 Å². The molecule has 0 aliphatic heterocycles. The molecule has 0 fully saturated rings. The third-order valence-electron chi connectivity index (χ3n) is 4.55. The normalized spacial score (nSPS) is 11.2. The molecular formula is C22H28N4O3S3. The number of hydrogen-bond acceptors (Lipinski definition) is 8. The summed E-state index contributed by atoms with van der Waals surface area (Å²) in [7, 11) is 0. The van der Waals surface area contributed by atoms with Crippen LogP contribution in [0.1, 0.15) is 60.1 Å². The second-order valence-corrected chi connectivity index (χ2v) is 10.6. The second kappa shape index (κ2) is 11.1. The van der Waals surface area contributed by atoms with Crippen LogP contribution in [0.15, 0.2) is 22.7 Å². The van der Waals surface area contributed by atoms with Crippen LogP contribution in [0, 0.1) is 6.92 Å². The molecule has 1 N–H and O–H groups in total. The fourth-order valence-electron chi connectivity index (χ4n) is 3.07. The SMILES string of the molecule is CCCn1c(SCC(=O)Nc2sc(C)cc2C(=O)OCC)nnc1-c1csc(C(C)C)c1. The van der Waals surface area contributed by atoms with Gasteiger partial charge in [-0.25, -0.2) is 4.79 Å². The number of hydrogen-bond donors (Lipinski definition) is 1. The number of ether oxygens (including phenoxy) is 1. The summed E-state index contributed by atoms with van der Waals surface area (Å²) in [5.41, 5.74) is 1.45. The summed E-state index contributed by atoms with van der Waals surface area (Å²) in [4.78, 5) is 27.0. The highest BCUT2D eigenvalue weighted by molar-refractivity contribution is 7.99. The van der Waals surface area contributed by atoms with Crippen molar-refractivity contribution >= 4 is 51.3 Å². The molecule has 3 rings (SSSR count). The monoisotopic (exact) mass is 492 g/mol. The summed E-state index contributed by atoms with van der Waals surface area (Å²) in [6.45, 7) is 11.2. The third kappa shape index (κ3) is 5.79. The Kier molecular flexibility index (Phi) is 8.50. The van der Waals surface area contributed by atoms with E-state index in [1.807, 2.05) is 6.92 Å². The van der Waals surface area contributed by atoms with Crippen LogP contribution in [0.2, 0.25) is 0 Å². The van der Waals surface area contributed by atoms with Crippen LogP contribution in [-0.4, -0.2) is 39.0 Å². The lowest BCUT2D eigenvalue weighted by atomic mass is 10.1. The quantitative estimate of drug-likeness (QED) is 0.284. The predicted octanol–water partition coefficient (Wildman–Crippen LogP) is 5.82. The minimum Gasteiger partial charge on any atom is -0.462 e. The number of carbonyl (C=O) groups is 2. The van der Waals surface area contributed by atoms with Crippen molar-refractivity contribution in [1.82, 2.24) is 14.8 Å². The van der Waals surface area contributed by atoms with Crippen molar-refractivity contribution in [2.45, 2.75) is 58.7 Å². The van der Waals surface area contributed by atoms with Gasteiger partial charge in [0.05, 0.1) is 17.9 Å². The fourth-order valence-corrected chi connectivity index (χ4v) is 5.65. The van der Waals surface area contributed by atoms with Gasteiger partial charge in [0.2, 0.25) is 5.91 Å². The molecule has 0 aliphatic carbocycles. The largest absolute Gasteiger partial charge is 0.462 e. The van der Waals surface area contributed by atoms with Crippen LogP contribution in [0.25, 0.3) is 11.4 Å². The van der Waals surface area contributed by atoms with E-state index >= 15 is 0 Å². The van der Waals surface area contributed by atoms with E-state index in [-0.39, 0.29) is 18.3 Å². The van der Waals surface area contributed by atoms with E-state index in [9.17, 15) is 9.59 Å². The molecule has 32 heavy (non-hydrogen) atoms. The molecule has 3 aromatic heterocycles. The fraction of sp³-hybridized carbons (Fsp3) is 0.455. The molecule has 0 saturated heterocycles. The Labute approximate surface area is 200 Å². The molecule has 0 spiro atoms. The Bertz CT molecular complexity index is 1080. The van der Waals surface area contributed by atoms with Gasteiger partial charge in [0, 0.05) is 27.2 Å². The van der Waals surface area contributed by atoms with Crippen LogP contribution >= 0.6 is 34.4 Å². The van der Waals surface area contributed by atoms with Crippen molar-refractivity contribution in [1.29, 1.82) is 0 Å². The van der Waals surface area contributed by atoms with Crippen molar-refractivity contribution in [3.63, 3.8) is 0 Å². The van der Waals surface area contributed by atoms with E-state index < -0.39 is 5.97 Å². The minimum absolute atomic E-state index is 0.169. The van der Waals surface area contributed by atoms with Gasteiger partial charge in [-0.15, -0.1) is 32.9 Å². The van der Waals surface area contributed by atoms with E-state index in [2.05, 4.69) is 52.3 Å². The molecule has 0 unspecified atom stereocenters. The number of nitrogens with one attached hydrogen (secondary N) is 1. The van der Waals surface area contributed by atoms with Crippen molar-refractivity contribution in [2.24, 2.45) is 0 Å². The first-order chi connectivity index (χ1) is 15.3. The Balaban J connectivity index is 1.71. The molecule has 7 nitrogen and oxygen atoms in total. The van der Waals surface area contributed by atoms with E-state index in [0.29, 0.717) is 21.6 Å². The molecule has 0 radical (unpaired) electrons. The molecule has 172 valence electrons. The minimum atomic E-state index is -0.427. The zero-order valence-corrected chi connectivity index (χ0v) is 21.4. The maximum Gasteiger partial charge on any atom is 0.341 e. The number of aromatic nitrogens is 3. The molecule has 0 saturated carbocycles. The van der Waals surface area contributed by atoms with Gasteiger partial charge >= 0.3 is 5.97 Å². The van der Waals surface area contributed by atoms with Crippen molar-refractivity contribution in [3.05, 3.63) is 32.8 Å². The lowest BCUT2D eigenvalue weighted by Gasteiger charge is -2.09. The molecule has 0 bridgehead atoms. The zero-order chi connectivity index (χ0) is 23.3. The number of rotatable bonds is 10. The van der Waals surface area contributed by atoms with Crippen molar-refractivity contribution < 1.29 is 14.3 Å². The van der Waals surface area contributed by atoms with Crippen molar-refractivity contribution in [2.75, 3.05) is 17.7 Å². The average Bonchev–Trinajstić information content (AvgIpc) is 3.45. The summed E-state index contributed by atoms with van der Waals surface area (Å²) in [6.07, 6.45) is 0.934. The summed E-state index contributed by atoms with van der Waals surface area (Å²) < 4.78 is 7.16. The second-order valence-electron chi connectivity index (χ2n) is 7.51. The first-order valence-electron chi connectivity index (χ1n) is 10.6. The Morgan fingerprint density at radius 2 is 2.03 bits per heavy atom. The molecular weight excluding hydrogens is 464 g/mol. The molecule has 3 aromatic rings. The highest BCUT2D eigenvalue weighted by atomic mass is 32.2. The highest BCUT2D eigenvalue weighted by Crippen LogP contribution is 2.32. The van der Waals surface area contributed by atoms with E-state index in [4.69, 9.17) is 4.74 Å². The summed E-state index contributed by atoms with van der Waals surface area (Å²) in [5.74, 6) is 0.837. The molecule has 3 heterocycles. The highest BCUT2D eigenvalue weighted by Gasteiger charge is 2.20. The van der Waals surface area contributed by atoms with Gasteiger partial charge < -0.3 is 14.6 Å². The van der Waals surface area contributed by atoms with Gasteiger partial charge in [-0.2, -0.15) is 0 Å². The number of anilines is 1. The van der Waals surface area contributed by atoms with Crippen LogP contribution in [0.5, 0.6) is 0 Å². The van der Waals surface area contributed by atoms with Gasteiger partial charge in [-0.3, -0.25) is 4.79 Å². The predicted molar refractivity (Wildman–Crippen MR) is 132 cm³/mol. The van der Waals surface area contributed by atoms with Crippen LogP contribution < -0.4 is 5.32 Å². The molecule has 10 heteroatoms. The lowest BCUT2D eigenvalue weighted by Crippen LogP contribution is -2.16. The summed E-state index contributed by atoms with van der Waals surface area (Å²) in [6, 6.07) is 3.91. The first-order valence-corrected chi connectivity index (χ1v) is 13.2. The Morgan fingerprint density at radius 1 is 1.25 bits per heavy atom. The average molecular weight is 493 g/mol.